The van der Waals surface area contributed by atoms with Gasteiger partial charge in [-0.25, -0.2) is 0 Å². The lowest BCUT2D eigenvalue weighted by Crippen LogP contribution is -2.87. The highest BCUT2D eigenvalue weighted by atomic mass is 16.6. The number of morpholine rings is 1. The van der Waals surface area contributed by atoms with Gasteiger partial charge in [-0.15, -0.1) is 0 Å². The zero-order valence-corrected chi connectivity index (χ0v) is 14.5. The third-order valence-electron chi connectivity index (χ3n) is 4.46. The number of carbonyl (C=O) groups is 1. The molecule has 0 amide bonds. The molecule has 2 N–H and O–H groups in total. The van der Waals surface area contributed by atoms with E-state index in [1.165, 1.54) is 12.1 Å². The number of benzene rings is 1. The molecule has 138 valence electrons. The van der Waals surface area contributed by atoms with Crippen LogP contribution in [-0.4, -0.2) is 50.3 Å². The molecule has 0 saturated carbocycles. The van der Waals surface area contributed by atoms with Crippen LogP contribution in [0.1, 0.15) is 30.1 Å². The molecule has 0 radical (unpaired) electrons. The van der Waals surface area contributed by atoms with Gasteiger partial charge in [-0.05, 0) is 24.8 Å². The zero-order chi connectivity index (χ0) is 18.2. The normalized spacial score (nSPS) is 18.2. The van der Waals surface area contributed by atoms with Gasteiger partial charge in [0.1, 0.15) is 5.69 Å². The number of quaternary nitrogens is 1. The van der Waals surface area contributed by atoms with E-state index in [9.17, 15) is 20.0 Å². The highest BCUT2D eigenvalue weighted by molar-refractivity contribution is 5.88. The van der Waals surface area contributed by atoms with E-state index in [4.69, 9.17) is 4.74 Å². The first-order chi connectivity index (χ1) is 12.0. The standard InChI is InChI=1S/C13H16N2O4.C4H9NO/c1-9-4-6-14(7-5-9)11-3-2-10(13(16)17)8-12(11)15(18)19;1-3-6-4-2-5-1/h2-3,8-9H,4-7H2,1H3,(H,16,17);5H,1-4H2. The first-order valence-corrected chi connectivity index (χ1v) is 8.63. The number of carboxylic acid groups (broad SMARTS) is 1. The fourth-order valence-electron chi connectivity index (χ4n) is 2.89. The van der Waals surface area contributed by atoms with Crippen LogP contribution in [0.3, 0.4) is 0 Å². The fraction of sp³-hybridized carbons (Fsp3) is 0.588. The monoisotopic (exact) mass is 351 g/mol. The third kappa shape index (κ3) is 5.68. The summed E-state index contributed by atoms with van der Waals surface area (Å²) in [5.41, 5.74) is 0.152. The van der Waals surface area contributed by atoms with E-state index in [0.717, 1.165) is 58.3 Å². The predicted octanol–water partition coefficient (Wildman–Crippen LogP) is -0.225. The van der Waals surface area contributed by atoms with E-state index in [0.29, 0.717) is 11.6 Å². The Balaban J connectivity index is 0.000000316. The van der Waals surface area contributed by atoms with Gasteiger partial charge in [0, 0.05) is 24.7 Å². The Morgan fingerprint density at radius 3 is 2.36 bits per heavy atom. The molecule has 0 unspecified atom stereocenters. The second-order valence-corrected chi connectivity index (χ2v) is 6.40. The molecule has 0 atom stereocenters. The Hall–Kier alpha value is -2.19. The molecule has 0 aliphatic carbocycles. The number of anilines is 1. The Kier molecular flexibility index (Phi) is 7.15. The molecule has 0 spiro atoms. The fourth-order valence-corrected chi connectivity index (χ4v) is 2.89. The van der Waals surface area contributed by atoms with Crippen LogP contribution in [0.25, 0.3) is 0 Å². The molecule has 3 rings (SSSR count). The Morgan fingerprint density at radius 2 is 1.92 bits per heavy atom. The molecule has 0 bridgehead atoms. The van der Waals surface area contributed by atoms with Gasteiger partial charge in [0.2, 0.25) is 0 Å². The van der Waals surface area contributed by atoms with E-state index in [1.807, 2.05) is 4.90 Å². The highest BCUT2D eigenvalue weighted by Crippen LogP contribution is 2.32. The minimum Gasteiger partial charge on any atom is -0.545 e. The summed E-state index contributed by atoms with van der Waals surface area (Å²) in [5.74, 6) is -0.778. The predicted molar refractivity (Wildman–Crippen MR) is 90.5 cm³/mol. The second-order valence-electron chi connectivity index (χ2n) is 6.40. The highest BCUT2D eigenvalue weighted by Gasteiger charge is 2.23. The number of piperidine rings is 1. The Bertz CT molecular complexity index is 584. The number of nitrogens with two attached hydrogens (primary N) is 1. The first-order valence-electron chi connectivity index (χ1n) is 8.63. The van der Waals surface area contributed by atoms with Crippen molar-refractivity contribution in [3.63, 3.8) is 0 Å². The molecule has 0 aromatic heterocycles. The first kappa shape index (κ1) is 19.1. The van der Waals surface area contributed by atoms with Crippen LogP contribution >= 0.6 is 0 Å². The van der Waals surface area contributed by atoms with Gasteiger partial charge in [0.05, 0.1) is 37.2 Å². The van der Waals surface area contributed by atoms with Crippen LogP contribution < -0.4 is 15.3 Å². The van der Waals surface area contributed by atoms with Gasteiger partial charge in [-0.3, -0.25) is 10.1 Å². The number of carboxylic acids is 1. The summed E-state index contributed by atoms with van der Waals surface area (Å²) in [4.78, 5) is 23.2. The van der Waals surface area contributed by atoms with Gasteiger partial charge in [-0.2, -0.15) is 0 Å². The van der Waals surface area contributed by atoms with Gasteiger partial charge in [-0.1, -0.05) is 13.0 Å². The molecule has 2 aliphatic heterocycles. The number of hydrogen-bond acceptors (Lipinski definition) is 6. The van der Waals surface area contributed by atoms with E-state index in [2.05, 4.69) is 12.2 Å². The lowest BCUT2D eigenvalue weighted by molar-refractivity contribution is -0.670. The van der Waals surface area contributed by atoms with Crippen molar-refractivity contribution in [3.05, 3.63) is 33.9 Å². The molecular weight excluding hydrogens is 326 g/mol. The molecule has 2 heterocycles. The van der Waals surface area contributed by atoms with Crippen molar-refractivity contribution in [2.24, 2.45) is 5.92 Å². The molecule has 2 saturated heterocycles. The zero-order valence-electron chi connectivity index (χ0n) is 14.5. The van der Waals surface area contributed by atoms with Gasteiger partial charge in [0.15, 0.2) is 0 Å². The topological polar surface area (TPSA) is 112 Å². The molecule has 8 nitrogen and oxygen atoms in total. The maximum atomic E-state index is 11.1. The van der Waals surface area contributed by atoms with Crippen molar-refractivity contribution in [2.45, 2.75) is 19.8 Å². The molecule has 1 aromatic carbocycles. The van der Waals surface area contributed by atoms with Crippen LogP contribution in [0.2, 0.25) is 0 Å². The van der Waals surface area contributed by atoms with Crippen molar-refractivity contribution in [1.29, 1.82) is 0 Å². The van der Waals surface area contributed by atoms with E-state index in [-0.39, 0.29) is 11.3 Å². The summed E-state index contributed by atoms with van der Waals surface area (Å²) in [6, 6.07) is 3.93. The number of rotatable bonds is 3. The Labute approximate surface area is 146 Å². The van der Waals surface area contributed by atoms with Crippen LogP contribution in [0.4, 0.5) is 11.4 Å². The number of ether oxygens (including phenoxy) is 1. The van der Waals surface area contributed by atoms with Crippen molar-refractivity contribution in [2.75, 3.05) is 44.3 Å². The second kappa shape index (κ2) is 9.33. The number of aromatic carboxylic acids is 1. The summed E-state index contributed by atoms with van der Waals surface area (Å²) in [7, 11) is 0. The average molecular weight is 351 g/mol. The maximum Gasteiger partial charge on any atom is 0.293 e. The number of carbonyl (C=O) groups excluding carboxylic acids is 1. The van der Waals surface area contributed by atoms with E-state index >= 15 is 0 Å². The summed E-state index contributed by atoms with van der Waals surface area (Å²) < 4.78 is 5.04. The lowest BCUT2D eigenvalue weighted by atomic mass is 9.98. The lowest BCUT2D eigenvalue weighted by Gasteiger charge is -2.31. The minimum absolute atomic E-state index is 0.166. The van der Waals surface area contributed by atoms with E-state index in [1.54, 1.807) is 0 Å². The van der Waals surface area contributed by atoms with Gasteiger partial charge >= 0.3 is 0 Å². The van der Waals surface area contributed by atoms with Crippen molar-refractivity contribution < 1.29 is 24.9 Å². The average Bonchev–Trinajstić information content (AvgIpc) is 2.64. The van der Waals surface area contributed by atoms with E-state index < -0.39 is 10.9 Å². The smallest absolute Gasteiger partial charge is 0.293 e. The van der Waals surface area contributed by atoms with Gasteiger partial charge < -0.3 is 24.9 Å². The van der Waals surface area contributed by atoms with Crippen LogP contribution in [0.15, 0.2) is 18.2 Å². The quantitative estimate of drug-likeness (QED) is 0.595. The molecule has 8 heteroatoms. The number of nitro benzene ring substituents is 1. The SMILES string of the molecule is C1COCC[NH2+]1.CC1CCN(c2ccc(C(=O)[O-])cc2[N+](=O)[O-])CC1. The molecule has 1 aromatic rings. The van der Waals surface area contributed by atoms with Crippen LogP contribution in [0, 0.1) is 16.0 Å². The number of nitrogens with zero attached hydrogens (tertiary/aromatic N) is 2. The molecule has 25 heavy (non-hydrogen) atoms. The summed E-state index contributed by atoms with van der Waals surface area (Å²) in [6.07, 6.45) is 1.97. The van der Waals surface area contributed by atoms with Crippen LogP contribution in [-0.2, 0) is 4.74 Å². The van der Waals surface area contributed by atoms with Crippen LogP contribution in [0.5, 0.6) is 0 Å². The van der Waals surface area contributed by atoms with Crippen molar-refractivity contribution in [3.8, 4) is 0 Å². The summed E-state index contributed by atoms with van der Waals surface area (Å²) in [6.45, 7) is 7.87. The minimum atomic E-state index is -1.40. The molecular formula is C17H25N3O5. The van der Waals surface area contributed by atoms with Crippen molar-refractivity contribution >= 4 is 17.3 Å². The largest absolute Gasteiger partial charge is 0.545 e. The van der Waals surface area contributed by atoms with Crippen molar-refractivity contribution in [1.82, 2.24) is 0 Å². The third-order valence-corrected chi connectivity index (χ3v) is 4.46. The molecule has 2 fully saturated rings. The molecule has 2 aliphatic rings. The maximum absolute atomic E-state index is 11.1. The Morgan fingerprint density at radius 1 is 1.28 bits per heavy atom. The van der Waals surface area contributed by atoms with Gasteiger partial charge in [0.25, 0.3) is 5.69 Å². The number of nitro groups is 1. The summed E-state index contributed by atoms with van der Waals surface area (Å²) in [5, 5.41) is 24.1. The number of hydrogen-bond donors (Lipinski definition) is 1. The summed E-state index contributed by atoms with van der Waals surface area (Å²) >= 11 is 0.